The predicted molar refractivity (Wildman–Crippen MR) is 54.6 cm³/mol. The highest BCUT2D eigenvalue weighted by atomic mass is 79.9. The summed E-state index contributed by atoms with van der Waals surface area (Å²) in [5, 5.41) is 0. The van der Waals surface area contributed by atoms with Crippen molar-refractivity contribution >= 4 is 15.9 Å². The van der Waals surface area contributed by atoms with Crippen LogP contribution in [0.4, 0.5) is 0 Å². The summed E-state index contributed by atoms with van der Waals surface area (Å²) in [6.45, 7) is 5.99. The highest BCUT2D eigenvalue weighted by Gasteiger charge is 1.96. The van der Waals surface area contributed by atoms with Crippen LogP contribution >= 0.6 is 15.9 Å². The molecule has 0 aliphatic carbocycles. The van der Waals surface area contributed by atoms with Crippen LogP contribution in [-0.4, -0.2) is 12.1 Å². The van der Waals surface area contributed by atoms with Gasteiger partial charge in [-0.15, -0.1) is 0 Å². The van der Waals surface area contributed by atoms with Crippen LogP contribution in [0.3, 0.4) is 0 Å². The molecule has 0 fully saturated rings. The van der Waals surface area contributed by atoms with Crippen LogP contribution in [0.2, 0.25) is 0 Å². The summed E-state index contributed by atoms with van der Waals surface area (Å²) in [4.78, 5) is 3.99. The average molecular weight is 232 g/mol. The number of hydrogen-bond donors (Lipinski definition) is 0. The van der Waals surface area contributed by atoms with E-state index in [-0.39, 0.29) is 0 Å². The first-order chi connectivity index (χ1) is 5.74. The van der Waals surface area contributed by atoms with Crippen LogP contribution in [0.5, 0.6) is 5.88 Å². The van der Waals surface area contributed by atoms with Crippen molar-refractivity contribution in [3.63, 3.8) is 0 Å². The third-order valence-corrected chi connectivity index (χ3v) is 2.06. The Kier molecular flexibility index (Phi) is 5.72. The van der Waals surface area contributed by atoms with E-state index in [0.29, 0.717) is 5.88 Å². The summed E-state index contributed by atoms with van der Waals surface area (Å²) in [6.07, 6.45) is 1.73. The summed E-state index contributed by atoms with van der Waals surface area (Å²) < 4.78 is 5.93. The number of aryl methyl sites for hydroxylation is 1. The number of nitrogens with zero attached hydrogens (tertiary/aromatic N) is 1. The molecular formula is C9H14BrNO. The quantitative estimate of drug-likeness (QED) is 0.741. The van der Waals surface area contributed by atoms with E-state index < -0.39 is 0 Å². The third-order valence-electron chi connectivity index (χ3n) is 1.23. The Morgan fingerprint density at radius 2 is 2.00 bits per heavy atom. The molecule has 0 N–H and O–H groups in total. The van der Waals surface area contributed by atoms with Crippen LogP contribution in [0, 0.1) is 6.92 Å². The topological polar surface area (TPSA) is 22.1 Å². The van der Waals surface area contributed by atoms with Crippen LogP contribution in [-0.2, 0) is 0 Å². The van der Waals surface area contributed by atoms with E-state index in [2.05, 4.69) is 20.9 Å². The van der Waals surface area contributed by atoms with Crippen molar-refractivity contribution in [2.75, 3.05) is 7.11 Å². The smallest absolute Gasteiger partial charge is 0.213 e. The van der Waals surface area contributed by atoms with Gasteiger partial charge >= 0.3 is 0 Å². The number of hydrogen-bond acceptors (Lipinski definition) is 2. The minimum atomic E-state index is 0.653. The fourth-order valence-corrected chi connectivity index (χ4v) is 0.842. The van der Waals surface area contributed by atoms with Gasteiger partial charge in [-0.1, -0.05) is 13.8 Å². The van der Waals surface area contributed by atoms with Gasteiger partial charge in [-0.25, -0.2) is 4.98 Å². The highest BCUT2D eigenvalue weighted by molar-refractivity contribution is 9.10. The molecule has 0 radical (unpaired) electrons. The first-order valence-electron chi connectivity index (χ1n) is 3.90. The van der Waals surface area contributed by atoms with E-state index >= 15 is 0 Å². The molecule has 0 spiro atoms. The molecule has 12 heavy (non-hydrogen) atoms. The molecule has 0 saturated carbocycles. The molecular weight excluding hydrogens is 218 g/mol. The maximum Gasteiger partial charge on any atom is 0.213 e. The third kappa shape index (κ3) is 3.22. The predicted octanol–water partition coefficient (Wildman–Crippen LogP) is 3.19. The zero-order valence-electron chi connectivity index (χ0n) is 7.89. The summed E-state index contributed by atoms with van der Waals surface area (Å²) >= 11 is 3.34. The van der Waals surface area contributed by atoms with Gasteiger partial charge in [-0.2, -0.15) is 0 Å². The monoisotopic (exact) mass is 231 g/mol. The molecule has 1 rings (SSSR count). The van der Waals surface area contributed by atoms with Gasteiger partial charge in [0.05, 0.1) is 7.11 Å². The minimum absolute atomic E-state index is 0.653. The van der Waals surface area contributed by atoms with E-state index in [1.165, 1.54) is 0 Å². The van der Waals surface area contributed by atoms with E-state index in [1.54, 1.807) is 13.3 Å². The van der Waals surface area contributed by atoms with E-state index in [4.69, 9.17) is 4.74 Å². The van der Waals surface area contributed by atoms with Crippen LogP contribution in [0.25, 0.3) is 0 Å². The lowest BCUT2D eigenvalue weighted by Crippen LogP contribution is -1.87. The van der Waals surface area contributed by atoms with Gasteiger partial charge in [-0.3, -0.25) is 0 Å². The Hall–Kier alpha value is -0.570. The number of methoxy groups -OCH3 is 1. The molecule has 1 heterocycles. The van der Waals surface area contributed by atoms with Gasteiger partial charge in [-0.05, 0) is 28.4 Å². The maximum absolute atomic E-state index is 4.92. The number of halogens is 1. The fourth-order valence-electron chi connectivity index (χ4n) is 0.625. The zero-order chi connectivity index (χ0) is 9.56. The Bertz CT molecular complexity index is 238. The molecule has 1 aromatic rings. The Morgan fingerprint density at radius 1 is 1.42 bits per heavy atom. The molecule has 0 unspecified atom stereocenters. The fraction of sp³-hybridized carbons (Fsp3) is 0.444. The van der Waals surface area contributed by atoms with Gasteiger partial charge in [0.2, 0.25) is 5.88 Å². The van der Waals surface area contributed by atoms with E-state index in [0.717, 1.165) is 10.0 Å². The first kappa shape index (κ1) is 11.4. The van der Waals surface area contributed by atoms with Gasteiger partial charge in [0.15, 0.2) is 0 Å². The Labute approximate surface area is 82.1 Å². The van der Waals surface area contributed by atoms with Crippen LogP contribution < -0.4 is 4.74 Å². The molecule has 68 valence electrons. The molecule has 1 aromatic heterocycles. The highest BCUT2D eigenvalue weighted by Crippen LogP contribution is 2.17. The van der Waals surface area contributed by atoms with Crippen molar-refractivity contribution in [3.8, 4) is 5.88 Å². The second-order valence-corrected chi connectivity index (χ2v) is 2.83. The number of pyridine rings is 1. The van der Waals surface area contributed by atoms with Crippen LogP contribution in [0.1, 0.15) is 19.4 Å². The molecule has 0 saturated heterocycles. The maximum atomic E-state index is 4.92. The lowest BCUT2D eigenvalue weighted by molar-refractivity contribution is 0.397. The average Bonchev–Trinajstić information content (AvgIpc) is 2.13. The standard InChI is InChI=1S/C7H8BrNO.C2H6/c1-5-3-7(10-2)9-4-6(5)8;1-2/h3-4H,1-2H3;1-2H3. The van der Waals surface area contributed by atoms with Crippen molar-refractivity contribution in [1.29, 1.82) is 0 Å². The largest absolute Gasteiger partial charge is 0.481 e. The molecule has 0 aromatic carbocycles. The lowest BCUT2D eigenvalue weighted by atomic mass is 10.3. The Morgan fingerprint density at radius 3 is 2.42 bits per heavy atom. The molecule has 0 aliphatic heterocycles. The van der Waals surface area contributed by atoms with E-state index in [1.807, 2.05) is 26.8 Å². The SMILES string of the molecule is CC.COc1cc(C)c(Br)cn1. The van der Waals surface area contributed by atoms with Gasteiger partial charge in [0.25, 0.3) is 0 Å². The number of ether oxygens (including phenoxy) is 1. The summed E-state index contributed by atoms with van der Waals surface area (Å²) in [5.41, 5.74) is 1.13. The van der Waals surface area contributed by atoms with E-state index in [9.17, 15) is 0 Å². The van der Waals surface area contributed by atoms with Crippen molar-refractivity contribution in [2.45, 2.75) is 20.8 Å². The molecule has 0 aliphatic rings. The second kappa shape index (κ2) is 6.00. The summed E-state index contributed by atoms with van der Waals surface area (Å²) in [7, 11) is 1.61. The van der Waals surface area contributed by atoms with Crippen molar-refractivity contribution in [1.82, 2.24) is 4.98 Å². The number of aromatic nitrogens is 1. The molecule has 0 bridgehead atoms. The second-order valence-electron chi connectivity index (χ2n) is 1.98. The van der Waals surface area contributed by atoms with Crippen molar-refractivity contribution < 1.29 is 4.74 Å². The van der Waals surface area contributed by atoms with Gasteiger partial charge in [0, 0.05) is 16.7 Å². The lowest BCUT2D eigenvalue weighted by Gasteiger charge is -1.99. The first-order valence-corrected chi connectivity index (χ1v) is 4.69. The van der Waals surface area contributed by atoms with Gasteiger partial charge in [0.1, 0.15) is 0 Å². The summed E-state index contributed by atoms with van der Waals surface area (Å²) in [5.74, 6) is 0.653. The number of rotatable bonds is 1. The zero-order valence-corrected chi connectivity index (χ0v) is 9.47. The Balaban J connectivity index is 0.000000561. The molecule has 0 atom stereocenters. The molecule has 3 heteroatoms. The van der Waals surface area contributed by atoms with Crippen LogP contribution in [0.15, 0.2) is 16.7 Å². The molecule has 0 amide bonds. The van der Waals surface area contributed by atoms with Crippen molar-refractivity contribution in [3.05, 3.63) is 22.3 Å². The summed E-state index contributed by atoms with van der Waals surface area (Å²) in [6, 6.07) is 1.88. The normalized spacial score (nSPS) is 8.42. The molecule has 2 nitrogen and oxygen atoms in total. The van der Waals surface area contributed by atoms with Crippen molar-refractivity contribution in [2.24, 2.45) is 0 Å². The van der Waals surface area contributed by atoms with Gasteiger partial charge < -0.3 is 4.74 Å². The minimum Gasteiger partial charge on any atom is -0.481 e.